The van der Waals surface area contributed by atoms with Crippen molar-refractivity contribution in [2.24, 2.45) is 0 Å². The molecule has 1 aromatic heterocycles. The van der Waals surface area contributed by atoms with Crippen molar-refractivity contribution >= 4 is 78.0 Å². The molecule has 12 rings (SSSR count). The van der Waals surface area contributed by atoms with Gasteiger partial charge in [-0.15, -0.1) is 11.3 Å². The average molecular weight is 995 g/mol. The number of fused-ring (bicyclic) bond motifs is 9. The van der Waals surface area contributed by atoms with Crippen molar-refractivity contribution < 1.29 is 0 Å². The molecular weight excluding hydrogens is 912 g/mol. The van der Waals surface area contributed by atoms with Crippen LogP contribution >= 0.6 is 11.3 Å². The van der Waals surface area contributed by atoms with Crippen molar-refractivity contribution in [3.8, 4) is 11.1 Å². The number of hydrogen-bond acceptors (Lipinski definition) is 3. The van der Waals surface area contributed by atoms with Gasteiger partial charge < -0.3 is 9.80 Å². The van der Waals surface area contributed by atoms with Crippen molar-refractivity contribution in [2.45, 2.75) is 206 Å². The predicted octanol–water partition coefficient (Wildman–Crippen LogP) is 18.3. The minimum Gasteiger partial charge on any atom is -0.311 e. The van der Waals surface area contributed by atoms with Crippen LogP contribution in [0.5, 0.6) is 0 Å². The Morgan fingerprint density at radius 2 is 0.878 bits per heavy atom. The maximum atomic E-state index is 2.81. The molecule has 74 heavy (non-hydrogen) atoms. The van der Waals surface area contributed by atoms with E-state index < -0.39 is 0 Å². The third-order valence-electron chi connectivity index (χ3n) is 19.8. The lowest BCUT2D eigenvalue weighted by atomic mass is 9.35. The molecule has 0 saturated carbocycles. The van der Waals surface area contributed by atoms with Crippen molar-refractivity contribution in [3.05, 3.63) is 148 Å². The fourth-order valence-corrected chi connectivity index (χ4v) is 15.6. The van der Waals surface area contributed by atoms with Crippen molar-refractivity contribution in [2.75, 3.05) is 9.80 Å². The predicted molar refractivity (Wildman–Crippen MR) is 325 cm³/mol. The van der Waals surface area contributed by atoms with Crippen molar-refractivity contribution in [1.29, 1.82) is 0 Å². The van der Waals surface area contributed by atoms with Crippen LogP contribution in [0.3, 0.4) is 0 Å². The molecular formula is C70H83BN2S. The third-order valence-corrected chi connectivity index (χ3v) is 21.0. The summed E-state index contributed by atoms with van der Waals surface area (Å²) < 4.78 is 2.89. The van der Waals surface area contributed by atoms with Gasteiger partial charge in [0.15, 0.2) is 0 Å². The first kappa shape index (κ1) is 49.8. The zero-order chi connectivity index (χ0) is 52.8. The maximum Gasteiger partial charge on any atom is 0.264 e. The monoisotopic (exact) mass is 995 g/mol. The lowest BCUT2D eigenvalue weighted by Gasteiger charge is -2.48. The van der Waals surface area contributed by atoms with E-state index in [2.05, 4.69) is 249 Å². The first-order valence-corrected chi connectivity index (χ1v) is 29.2. The van der Waals surface area contributed by atoms with E-state index in [0.717, 1.165) is 6.42 Å². The highest BCUT2D eigenvalue weighted by atomic mass is 32.1. The van der Waals surface area contributed by atoms with Gasteiger partial charge in [-0.25, -0.2) is 0 Å². The van der Waals surface area contributed by atoms with Crippen molar-refractivity contribution in [1.82, 2.24) is 0 Å². The summed E-state index contributed by atoms with van der Waals surface area (Å²) in [6.07, 6.45) is 7.07. The highest BCUT2D eigenvalue weighted by molar-refractivity contribution is 7.33. The molecule has 2 aliphatic heterocycles. The van der Waals surface area contributed by atoms with Gasteiger partial charge in [0.25, 0.3) is 6.71 Å². The van der Waals surface area contributed by atoms with Gasteiger partial charge in [0, 0.05) is 43.2 Å². The number of hydrogen-bond donors (Lipinski definition) is 0. The van der Waals surface area contributed by atoms with E-state index in [9.17, 15) is 0 Å². The third kappa shape index (κ3) is 7.43. The Hall–Kier alpha value is -5.06. The first-order chi connectivity index (χ1) is 34.4. The van der Waals surface area contributed by atoms with Gasteiger partial charge in [0.1, 0.15) is 0 Å². The second-order valence-corrected chi connectivity index (χ2v) is 30.9. The zero-order valence-electron chi connectivity index (χ0n) is 48.4. The van der Waals surface area contributed by atoms with Crippen molar-refractivity contribution in [3.63, 3.8) is 0 Å². The van der Waals surface area contributed by atoms with Gasteiger partial charge in [-0.3, -0.25) is 0 Å². The molecule has 0 radical (unpaired) electrons. The van der Waals surface area contributed by atoms with Crippen LogP contribution in [0.2, 0.25) is 0 Å². The van der Waals surface area contributed by atoms with E-state index in [1.54, 1.807) is 0 Å². The molecule has 382 valence electrons. The SMILES string of the molecule is CC(C)(C)c1ccc(N2c3cc(C(C)(C)C)cc4c3B(c3cc5c(cc3N4c3cc4c(cc3-c3ccccc3)C(C)(C)CCC4(C)C)C(C)(C)CCC5(C)C)c3sc4cc5c(cc4c32)C(C)(C)CCC5(C)C)cc1. The fourth-order valence-electron chi connectivity index (χ4n) is 14.3. The molecule has 0 saturated heterocycles. The molecule has 5 aliphatic rings. The van der Waals surface area contributed by atoms with Crippen LogP contribution in [0.1, 0.15) is 208 Å². The summed E-state index contributed by atoms with van der Waals surface area (Å²) in [6.45, 7) is 44.4. The summed E-state index contributed by atoms with van der Waals surface area (Å²) in [4.78, 5) is 5.55. The van der Waals surface area contributed by atoms with E-state index in [4.69, 9.17) is 0 Å². The average Bonchev–Trinajstić information content (AvgIpc) is 3.70. The van der Waals surface area contributed by atoms with Crippen LogP contribution in [0.25, 0.3) is 21.2 Å². The van der Waals surface area contributed by atoms with Crippen LogP contribution in [-0.4, -0.2) is 6.71 Å². The summed E-state index contributed by atoms with van der Waals surface area (Å²) in [6, 6.07) is 42.4. The van der Waals surface area contributed by atoms with E-state index in [1.165, 1.54) is 148 Å². The zero-order valence-corrected chi connectivity index (χ0v) is 49.3. The standard InChI is InChI=1S/C70H83BN2S/c1-63(2,3)43-24-26-45(27-25-43)72-57-34-44(64(4,5)6)35-58-60(57)71(62-61(72)47-37-49-53(41-59(47)74-62)70(17,18)33-29-66(49,9)10)54-38-50-52(69(15,16)32-30-67(50,11)12)40-56(54)73(58)55-39-51-48(65(7,8)28-31-68(51,13)14)36-46(55)42-22-20-19-21-23-42/h19-27,34-41H,28-33H2,1-18H3. The molecule has 0 N–H and O–H groups in total. The van der Waals surface area contributed by atoms with Gasteiger partial charge in [-0.1, -0.05) is 173 Å². The number of nitrogens with zero attached hydrogens (tertiary/aromatic N) is 2. The van der Waals surface area contributed by atoms with Gasteiger partial charge in [-0.2, -0.15) is 0 Å². The number of benzene rings is 6. The van der Waals surface area contributed by atoms with E-state index >= 15 is 0 Å². The lowest BCUT2D eigenvalue weighted by molar-refractivity contribution is 0.332. The fraction of sp³-hybridized carbons (Fsp3) is 0.457. The van der Waals surface area contributed by atoms with Gasteiger partial charge >= 0.3 is 0 Å². The minimum atomic E-state index is -0.133. The van der Waals surface area contributed by atoms with E-state index in [0.29, 0.717) is 0 Å². The summed E-state index contributed by atoms with van der Waals surface area (Å²) in [7, 11) is 0. The Morgan fingerprint density at radius 3 is 1.39 bits per heavy atom. The molecule has 6 aromatic carbocycles. The van der Waals surface area contributed by atoms with Crippen LogP contribution in [-0.2, 0) is 43.3 Å². The normalized spacial score (nSPS) is 20.3. The second-order valence-electron chi connectivity index (χ2n) is 29.8. The molecule has 3 heterocycles. The number of thiophene rings is 1. The summed E-state index contributed by atoms with van der Waals surface area (Å²) in [5.74, 6) is 0. The summed E-state index contributed by atoms with van der Waals surface area (Å²) in [5, 5.41) is 1.40. The van der Waals surface area contributed by atoms with Crippen LogP contribution in [0.4, 0.5) is 34.1 Å². The van der Waals surface area contributed by atoms with Gasteiger partial charge in [0.05, 0.1) is 11.4 Å². The smallest absolute Gasteiger partial charge is 0.264 e. The molecule has 0 atom stereocenters. The van der Waals surface area contributed by atoms with E-state index in [-0.39, 0.29) is 50.0 Å². The molecule has 4 heteroatoms. The minimum absolute atomic E-state index is 0.0226. The molecule has 3 aliphatic carbocycles. The Kier molecular flexibility index (Phi) is 10.6. The Morgan fingerprint density at radius 1 is 0.432 bits per heavy atom. The Labute approximate surface area is 450 Å². The molecule has 7 aromatic rings. The Bertz CT molecular complexity index is 3470. The molecule has 0 amide bonds. The molecule has 0 bridgehead atoms. The second kappa shape index (κ2) is 15.8. The summed E-state index contributed by atoms with van der Waals surface area (Å²) >= 11 is 2.08. The van der Waals surface area contributed by atoms with Crippen LogP contribution in [0.15, 0.2) is 103 Å². The van der Waals surface area contributed by atoms with Gasteiger partial charge in [-0.05, 0) is 197 Å². The number of rotatable bonds is 3. The lowest BCUT2D eigenvalue weighted by Crippen LogP contribution is -2.61. The first-order valence-electron chi connectivity index (χ1n) is 28.3. The molecule has 2 nitrogen and oxygen atoms in total. The largest absolute Gasteiger partial charge is 0.311 e. The summed E-state index contributed by atoms with van der Waals surface area (Å²) in [5.41, 5.74) is 25.4. The topological polar surface area (TPSA) is 6.48 Å². The molecule has 0 spiro atoms. The van der Waals surface area contributed by atoms with E-state index in [1.807, 2.05) is 0 Å². The Balaban J connectivity index is 1.27. The highest BCUT2D eigenvalue weighted by Gasteiger charge is 2.50. The van der Waals surface area contributed by atoms with Crippen LogP contribution < -0.4 is 25.5 Å². The van der Waals surface area contributed by atoms with Gasteiger partial charge in [0.2, 0.25) is 0 Å². The quantitative estimate of drug-likeness (QED) is 0.163. The molecule has 0 fully saturated rings. The van der Waals surface area contributed by atoms with Crippen LogP contribution in [0, 0.1) is 0 Å². The molecule has 0 unspecified atom stereocenters. The maximum absolute atomic E-state index is 2.81. The number of anilines is 6. The highest BCUT2D eigenvalue weighted by Crippen LogP contribution is 2.57.